The van der Waals surface area contributed by atoms with Gasteiger partial charge >= 0.3 is 6.09 Å². The second-order valence-electron chi connectivity index (χ2n) is 4.69. The molecule has 0 aliphatic carbocycles. The Morgan fingerprint density at radius 3 is 2.57 bits per heavy atom. The molecule has 0 saturated heterocycles. The van der Waals surface area contributed by atoms with Gasteiger partial charge in [0.2, 0.25) is 0 Å². The van der Waals surface area contributed by atoms with Crippen LogP contribution >= 0.6 is 11.6 Å². The zero-order chi connectivity index (χ0) is 16.7. The molecule has 120 valence electrons. The summed E-state index contributed by atoms with van der Waals surface area (Å²) in [5, 5.41) is 5.98. The van der Waals surface area contributed by atoms with Crippen molar-refractivity contribution in [2.24, 2.45) is 0 Å². The number of ether oxygens (including phenoxy) is 1. The Balaban J connectivity index is 1.93. The number of benzene rings is 1. The summed E-state index contributed by atoms with van der Waals surface area (Å²) in [5.74, 6) is -0.221. The highest BCUT2D eigenvalue weighted by molar-refractivity contribution is 6.30. The smallest absolute Gasteiger partial charge is 0.407 e. The molecule has 0 saturated carbocycles. The molecule has 0 radical (unpaired) electrons. The molecule has 2 aromatic rings. The van der Waals surface area contributed by atoms with E-state index in [4.69, 9.17) is 11.6 Å². The number of amides is 2. The lowest BCUT2D eigenvalue weighted by Crippen LogP contribution is -2.25. The molecule has 0 bridgehead atoms. The first kappa shape index (κ1) is 16.8. The van der Waals surface area contributed by atoms with Gasteiger partial charge < -0.3 is 15.4 Å². The molecule has 2 rings (SSSR count). The molecular weight excluding hydrogens is 318 g/mol. The average Bonchev–Trinajstić information content (AvgIpc) is 2.59. The van der Waals surface area contributed by atoms with Crippen LogP contribution in [0.3, 0.4) is 0 Å². The van der Waals surface area contributed by atoms with Crippen molar-refractivity contribution in [1.29, 1.82) is 0 Å². The number of aromatic nitrogens is 1. The van der Waals surface area contributed by atoms with Crippen LogP contribution in [0.15, 0.2) is 42.6 Å². The third-order valence-corrected chi connectivity index (χ3v) is 3.30. The maximum Gasteiger partial charge on any atom is 0.407 e. The van der Waals surface area contributed by atoms with Crippen LogP contribution in [0, 0.1) is 0 Å². The lowest BCUT2D eigenvalue weighted by molar-refractivity contribution is 0.0950. The number of halogens is 1. The number of rotatable bonds is 5. The van der Waals surface area contributed by atoms with Crippen LogP contribution in [0.2, 0.25) is 5.02 Å². The Labute approximate surface area is 138 Å². The van der Waals surface area contributed by atoms with Crippen LogP contribution in [0.4, 0.5) is 4.79 Å². The predicted octanol–water partition coefficient (Wildman–Crippen LogP) is 2.52. The molecule has 0 aliphatic heterocycles. The number of methoxy groups -OCH3 is 1. The number of alkyl carbamates (subject to hydrolysis) is 1. The van der Waals surface area contributed by atoms with Crippen molar-refractivity contribution in [2.45, 2.75) is 13.1 Å². The van der Waals surface area contributed by atoms with E-state index >= 15 is 0 Å². The molecule has 2 N–H and O–H groups in total. The van der Waals surface area contributed by atoms with E-state index in [1.807, 2.05) is 12.1 Å². The summed E-state index contributed by atoms with van der Waals surface area (Å²) in [4.78, 5) is 27.3. The quantitative estimate of drug-likeness (QED) is 0.881. The Morgan fingerprint density at radius 2 is 1.87 bits per heavy atom. The van der Waals surface area contributed by atoms with E-state index in [9.17, 15) is 9.59 Å². The van der Waals surface area contributed by atoms with Crippen LogP contribution in [0.25, 0.3) is 0 Å². The maximum absolute atomic E-state index is 12.2. The molecule has 0 spiro atoms. The topological polar surface area (TPSA) is 80.3 Å². The molecule has 1 aromatic heterocycles. The number of carbonyl (C=O) groups excluding carboxylic acids is 2. The molecule has 0 unspecified atom stereocenters. The summed E-state index contributed by atoms with van der Waals surface area (Å²) >= 11 is 5.82. The number of nitrogens with one attached hydrogen (secondary N) is 2. The van der Waals surface area contributed by atoms with Gasteiger partial charge in [-0.15, -0.1) is 0 Å². The zero-order valence-corrected chi connectivity index (χ0v) is 13.3. The van der Waals surface area contributed by atoms with Crippen molar-refractivity contribution < 1.29 is 14.3 Å². The minimum absolute atomic E-state index is 0.185. The van der Waals surface area contributed by atoms with E-state index in [1.165, 1.54) is 13.3 Å². The molecule has 23 heavy (non-hydrogen) atoms. The minimum Gasteiger partial charge on any atom is -0.453 e. The lowest BCUT2D eigenvalue weighted by Gasteiger charge is -2.07. The minimum atomic E-state index is -0.551. The molecule has 1 heterocycles. The summed E-state index contributed by atoms with van der Waals surface area (Å²) in [6.45, 7) is 0.582. The summed E-state index contributed by atoms with van der Waals surface area (Å²) in [7, 11) is 1.28. The number of hydrogen-bond donors (Lipinski definition) is 2. The Bertz CT molecular complexity index is 689. The van der Waals surface area contributed by atoms with Gasteiger partial charge in [0.15, 0.2) is 0 Å². The number of carbonyl (C=O) groups is 2. The van der Waals surface area contributed by atoms with Gasteiger partial charge in [0.25, 0.3) is 5.91 Å². The SMILES string of the molecule is COC(=O)NCc1cc(C(=O)NCc2ccc(Cl)cc2)ccn1. The largest absolute Gasteiger partial charge is 0.453 e. The highest BCUT2D eigenvalue weighted by Crippen LogP contribution is 2.09. The Morgan fingerprint density at radius 1 is 1.13 bits per heavy atom. The molecule has 2 amide bonds. The Kier molecular flexibility index (Phi) is 5.94. The summed E-state index contributed by atoms with van der Waals surface area (Å²) in [6, 6.07) is 10.5. The van der Waals surface area contributed by atoms with Gasteiger partial charge in [0, 0.05) is 23.3 Å². The highest BCUT2D eigenvalue weighted by Gasteiger charge is 2.08. The van der Waals surface area contributed by atoms with E-state index in [1.54, 1.807) is 24.3 Å². The Hall–Kier alpha value is -2.60. The van der Waals surface area contributed by atoms with Crippen molar-refractivity contribution >= 4 is 23.6 Å². The predicted molar refractivity (Wildman–Crippen MR) is 86.1 cm³/mol. The van der Waals surface area contributed by atoms with E-state index in [0.717, 1.165) is 5.56 Å². The van der Waals surface area contributed by atoms with E-state index in [-0.39, 0.29) is 12.5 Å². The van der Waals surface area contributed by atoms with Crippen molar-refractivity contribution in [2.75, 3.05) is 7.11 Å². The van der Waals surface area contributed by atoms with Crippen molar-refractivity contribution in [3.05, 3.63) is 64.4 Å². The fourth-order valence-electron chi connectivity index (χ4n) is 1.84. The van der Waals surface area contributed by atoms with Gasteiger partial charge in [-0.05, 0) is 29.8 Å². The maximum atomic E-state index is 12.2. The third kappa shape index (κ3) is 5.27. The van der Waals surface area contributed by atoms with Crippen molar-refractivity contribution in [1.82, 2.24) is 15.6 Å². The van der Waals surface area contributed by atoms with Crippen molar-refractivity contribution in [3.63, 3.8) is 0 Å². The van der Waals surface area contributed by atoms with Crippen LogP contribution in [-0.2, 0) is 17.8 Å². The fraction of sp³-hybridized carbons (Fsp3) is 0.188. The highest BCUT2D eigenvalue weighted by atomic mass is 35.5. The fourth-order valence-corrected chi connectivity index (χ4v) is 1.96. The number of nitrogens with zero attached hydrogens (tertiary/aromatic N) is 1. The molecule has 0 fully saturated rings. The number of hydrogen-bond acceptors (Lipinski definition) is 4. The summed E-state index contributed by atoms with van der Waals surface area (Å²) < 4.78 is 4.48. The second kappa shape index (κ2) is 8.14. The lowest BCUT2D eigenvalue weighted by atomic mass is 10.2. The van der Waals surface area contributed by atoms with Gasteiger partial charge in [-0.3, -0.25) is 9.78 Å². The normalized spacial score (nSPS) is 10.0. The van der Waals surface area contributed by atoms with E-state index in [0.29, 0.717) is 22.8 Å². The van der Waals surface area contributed by atoms with Crippen LogP contribution in [0.5, 0.6) is 0 Å². The summed E-state index contributed by atoms with van der Waals surface area (Å²) in [5.41, 5.74) is 1.98. The van der Waals surface area contributed by atoms with Crippen molar-refractivity contribution in [3.8, 4) is 0 Å². The van der Waals surface area contributed by atoms with Gasteiger partial charge in [0.05, 0.1) is 19.3 Å². The van der Waals surface area contributed by atoms with Crippen LogP contribution in [0.1, 0.15) is 21.6 Å². The van der Waals surface area contributed by atoms with Crippen LogP contribution < -0.4 is 10.6 Å². The first-order valence-corrected chi connectivity index (χ1v) is 7.25. The molecule has 6 nitrogen and oxygen atoms in total. The molecule has 0 aliphatic rings. The van der Waals surface area contributed by atoms with Gasteiger partial charge in [-0.2, -0.15) is 0 Å². The van der Waals surface area contributed by atoms with E-state index < -0.39 is 6.09 Å². The first-order valence-electron chi connectivity index (χ1n) is 6.88. The first-order chi connectivity index (χ1) is 11.1. The van der Waals surface area contributed by atoms with Crippen LogP contribution in [-0.4, -0.2) is 24.1 Å². The summed E-state index contributed by atoms with van der Waals surface area (Å²) in [6.07, 6.45) is 0.968. The van der Waals surface area contributed by atoms with Gasteiger partial charge in [-0.1, -0.05) is 23.7 Å². The standard InChI is InChI=1S/C16H16ClN3O3/c1-23-16(22)20-10-14-8-12(6-7-18-14)15(21)19-9-11-2-4-13(17)5-3-11/h2-8H,9-10H2,1H3,(H,19,21)(H,20,22). The average molecular weight is 334 g/mol. The van der Waals surface area contributed by atoms with E-state index in [2.05, 4.69) is 20.4 Å². The molecular formula is C16H16ClN3O3. The monoisotopic (exact) mass is 333 g/mol. The number of pyridine rings is 1. The van der Waals surface area contributed by atoms with Gasteiger partial charge in [-0.25, -0.2) is 4.79 Å². The third-order valence-electron chi connectivity index (χ3n) is 3.04. The molecule has 1 aromatic carbocycles. The van der Waals surface area contributed by atoms with Gasteiger partial charge in [0.1, 0.15) is 0 Å². The molecule has 7 heteroatoms. The zero-order valence-electron chi connectivity index (χ0n) is 12.5. The molecule has 0 atom stereocenters. The second-order valence-corrected chi connectivity index (χ2v) is 5.13.